The van der Waals surface area contributed by atoms with Crippen LogP contribution in [0.4, 0.5) is 0 Å². The second kappa shape index (κ2) is 5.58. The Hall–Kier alpha value is -0.120. The van der Waals surface area contributed by atoms with Gasteiger partial charge in [0.05, 0.1) is 6.61 Å². The number of rotatable bonds is 4. The van der Waals surface area contributed by atoms with Crippen LogP contribution in [0.5, 0.6) is 0 Å². The van der Waals surface area contributed by atoms with Crippen LogP contribution in [0.2, 0.25) is 0 Å². The predicted molar refractivity (Wildman–Crippen MR) is 54.9 cm³/mol. The molecule has 1 fully saturated rings. The zero-order valence-corrected chi connectivity index (χ0v) is 8.87. The summed E-state index contributed by atoms with van der Waals surface area (Å²) in [5, 5.41) is 8.78. The van der Waals surface area contributed by atoms with Gasteiger partial charge in [-0.2, -0.15) is 0 Å². The summed E-state index contributed by atoms with van der Waals surface area (Å²) < 4.78 is 0. The van der Waals surface area contributed by atoms with Gasteiger partial charge in [-0.05, 0) is 13.3 Å². The molecule has 1 N–H and O–H groups in total. The highest BCUT2D eigenvalue weighted by atomic mass is 16.3. The smallest absolute Gasteiger partial charge is 0.0558 e. The summed E-state index contributed by atoms with van der Waals surface area (Å²) in [6, 6.07) is 0.719. The van der Waals surface area contributed by atoms with Crippen LogP contribution < -0.4 is 0 Å². The van der Waals surface area contributed by atoms with Crippen LogP contribution in [-0.2, 0) is 0 Å². The molecule has 3 nitrogen and oxygen atoms in total. The summed E-state index contributed by atoms with van der Waals surface area (Å²) in [7, 11) is 0. The summed E-state index contributed by atoms with van der Waals surface area (Å²) in [5.74, 6) is 0. The van der Waals surface area contributed by atoms with Gasteiger partial charge in [0.1, 0.15) is 0 Å². The molecule has 0 saturated carbocycles. The van der Waals surface area contributed by atoms with Gasteiger partial charge in [0.2, 0.25) is 0 Å². The molecule has 1 aliphatic rings. The molecule has 1 rings (SSSR count). The van der Waals surface area contributed by atoms with Crippen molar-refractivity contribution in [3.8, 4) is 0 Å². The van der Waals surface area contributed by atoms with E-state index in [4.69, 9.17) is 5.11 Å². The van der Waals surface area contributed by atoms with E-state index >= 15 is 0 Å². The first-order chi connectivity index (χ1) is 6.27. The van der Waals surface area contributed by atoms with E-state index in [1.807, 2.05) is 0 Å². The zero-order chi connectivity index (χ0) is 9.68. The number of hydrogen-bond donors (Lipinski definition) is 1. The number of piperazine rings is 1. The molecule has 0 aromatic rings. The van der Waals surface area contributed by atoms with Gasteiger partial charge < -0.3 is 5.11 Å². The molecule has 13 heavy (non-hydrogen) atoms. The second-order valence-corrected chi connectivity index (χ2v) is 3.86. The molecule has 0 radical (unpaired) electrons. The number of aliphatic hydroxyl groups is 1. The molecule has 1 atom stereocenters. The van der Waals surface area contributed by atoms with Gasteiger partial charge in [0.15, 0.2) is 0 Å². The maximum absolute atomic E-state index is 8.78. The van der Waals surface area contributed by atoms with Crippen molar-refractivity contribution in [2.75, 3.05) is 39.3 Å². The van der Waals surface area contributed by atoms with Gasteiger partial charge in [-0.3, -0.25) is 9.80 Å². The average molecular weight is 186 g/mol. The van der Waals surface area contributed by atoms with Crippen LogP contribution in [0.15, 0.2) is 0 Å². The minimum Gasteiger partial charge on any atom is -0.395 e. The summed E-state index contributed by atoms with van der Waals surface area (Å²) in [5.41, 5.74) is 0. The highest BCUT2D eigenvalue weighted by molar-refractivity contribution is 4.75. The molecule has 1 heterocycles. The van der Waals surface area contributed by atoms with Crippen molar-refractivity contribution in [3.05, 3.63) is 0 Å². The number of aliphatic hydroxyl groups excluding tert-OH is 1. The summed E-state index contributed by atoms with van der Waals surface area (Å²) in [6.45, 7) is 10.2. The fourth-order valence-electron chi connectivity index (χ4n) is 1.83. The maximum Gasteiger partial charge on any atom is 0.0558 e. The summed E-state index contributed by atoms with van der Waals surface area (Å²) in [4.78, 5) is 4.87. The van der Waals surface area contributed by atoms with Crippen molar-refractivity contribution in [2.24, 2.45) is 0 Å². The lowest BCUT2D eigenvalue weighted by atomic mass is 10.2. The molecule has 0 spiro atoms. The number of hydrogen-bond acceptors (Lipinski definition) is 3. The predicted octanol–water partition coefficient (Wildman–Crippen LogP) is 0.395. The van der Waals surface area contributed by atoms with Crippen molar-refractivity contribution in [3.63, 3.8) is 0 Å². The third-order valence-electron chi connectivity index (χ3n) is 3.04. The van der Waals surface area contributed by atoms with E-state index in [1.54, 1.807) is 0 Å². The molecular weight excluding hydrogens is 164 g/mol. The fraction of sp³-hybridized carbons (Fsp3) is 1.00. The molecular formula is C10H22N2O. The molecule has 0 unspecified atom stereocenters. The third kappa shape index (κ3) is 3.25. The summed E-state index contributed by atoms with van der Waals surface area (Å²) in [6.07, 6.45) is 1.24. The minimum absolute atomic E-state index is 0.295. The molecule has 0 bridgehead atoms. The van der Waals surface area contributed by atoms with Crippen LogP contribution in [0.1, 0.15) is 20.3 Å². The Labute approximate surface area is 81.3 Å². The van der Waals surface area contributed by atoms with Crippen molar-refractivity contribution in [1.82, 2.24) is 9.80 Å². The van der Waals surface area contributed by atoms with E-state index in [0.717, 1.165) is 38.8 Å². The first-order valence-electron chi connectivity index (χ1n) is 5.35. The molecule has 0 aromatic carbocycles. The molecule has 1 aliphatic heterocycles. The monoisotopic (exact) mass is 186 g/mol. The maximum atomic E-state index is 8.78. The van der Waals surface area contributed by atoms with E-state index < -0.39 is 0 Å². The number of nitrogens with zero attached hydrogens (tertiary/aromatic N) is 2. The normalized spacial score (nSPS) is 23.3. The van der Waals surface area contributed by atoms with Crippen molar-refractivity contribution >= 4 is 0 Å². The highest BCUT2D eigenvalue weighted by Crippen LogP contribution is 2.07. The first kappa shape index (κ1) is 11.0. The van der Waals surface area contributed by atoms with Gasteiger partial charge >= 0.3 is 0 Å². The van der Waals surface area contributed by atoms with Crippen molar-refractivity contribution in [1.29, 1.82) is 0 Å². The molecule has 3 heteroatoms. The van der Waals surface area contributed by atoms with Crippen LogP contribution in [0, 0.1) is 0 Å². The lowest BCUT2D eigenvalue weighted by Gasteiger charge is -2.37. The van der Waals surface area contributed by atoms with Gasteiger partial charge in [-0.25, -0.2) is 0 Å². The molecule has 0 amide bonds. The van der Waals surface area contributed by atoms with Crippen molar-refractivity contribution < 1.29 is 5.11 Å². The Bertz CT molecular complexity index is 133. The van der Waals surface area contributed by atoms with E-state index in [0.29, 0.717) is 6.61 Å². The Morgan fingerprint density at radius 2 is 1.85 bits per heavy atom. The summed E-state index contributed by atoms with van der Waals surface area (Å²) >= 11 is 0. The molecule has 1 saturated heterocycles. The Balaban J connectivity index is 2.22. The third-order valence-corrected chi connectivity index (χ3v) is 3.04. The average Bonchev–Trinajstić information content (AvgIpc) is 2.18. The van der Waals surface area contributed by atoms with E-state index in [1.165, 1.54) is 6.42 Å². The zero-order valence-electron chi connectivity index (χ0n) is 8.87. The van der Waals surface area contributed by atoms with Crippen LogP contribution in [-0.4, -0.2) is 60.3 Å². The molecule has 0 aliphatic carbocycles. The van der Waals surface area contributed by atoms with Crippen molar-refractivity contribution in [2.45, 2.75) is 26.3 Å². The highest BCUT2D eigenvalue weighted by Gasteiger charge is 2.19. The van der Waals surface area contributed by atoms with E-state index in [-0.39, 0.29) is 0 Å². The van der Waals surface area contributed by atoms with Crippen LogP contribution in [0.25, 0.3) is 0 Å². The number of β-amino-alcohol motifs (C(OH)–C–C–N with tert-alkyl or cyclic N) is 1. The lowest BCUT2D eigenvalue weighted by molar-refractivity contribution is 0.0876. The molecule has 0 aromatic heterocycles. The van der Waals surface area contributed by atoms with Gasteiger partial charge in [-0.1, -0.05) is 6.92 Å². The largest absolute Gasteiger partial charge is 0.395 e. The van der Waals surface area contributed by atoms with Gasteiger partial charge in [-0.15, -0.1) is 0 Å². The van der Waals surface area contributed by atoms with Crippen LogP contribution in [0.3, 0.4) is 0 Å². The van der Waals surface area contributed by atoms with Gasteiger partial charge in [0.25, 0.3) is 0 Å². The lowest BCUT2D eigenvalue weighted by Crippen LogP contribution is -2.49. The van der Waals surface area contributed by atoms with Gasteiger partial charge in [0, 0.05) is 38.8 Å². The standard InChI is InChI=1S/C10H22N2O/c1-3-10(2)12-6-4-11(5-7-12)8-9-13/h10,13H,3-9H2,1-2H3/t10-/m1/s1. The SMILES string of the molecule is CC[C@@H](C)N1CCN(CCO)CC1. The first-order valence-corrected chi connectivity index (χ1v) is 5.35. The Morgan fingerprint density at radius 3 is 2.31 bits per heavy atom. The fourth-order valence-corrected chi connectivity index (χ4v) is 1.83. The topological polar surface area (TPSA) is 26.7 Å². The van der Waals surface area contributed by atoms with Crippen LogP contribution >= 0.6 is 0 Å². The van der Waals surface area contributed by atoms with E-state index in [9.17, 15) is 0 Å². The quantitative estimate of drug-likeness (QED) is 0.688. The Kier molecular flexibility index (Phi) is 4.70. The second-order valence-electron chi connectivity index (χ2n) is 3.86. The Morgan fingerprint density at radius 1 is 1.23 bits per heavy atom. The minimum atomic E-state index is 0.295. The van der Waals surface area contributed by atoms with E-state index in [2.05, 4.69) is 23.6 Å². The molecule has 78 valence electrons.